The minimum Gasteiger partial charge on any atom is -0.455 e. The summed E-state index contributed by atoms with van der Waals surface area (Å²) in [7, 11) is 0. The summed E-state index contributed by atoms with van der Waals surface area (Å²) >= 11 is 0. The molecule has 0 fully saturated rings. The molecule has 6 rings (SSSR count). The molecule has 0 unspecified atom stereocenters. The van der Waals surface area contributed by atoms with Gasteiger partial charge in [0.2, 0.25) is 0 Å². The van der Waals surface area contributed by atoms with Gasteiger partial charge in [-0.1, -0.05) is 67.9 Å². The molecule has 3 aromatic carbocycles. The number of nitrogens with zero attached hydrogens (tertiary/aromatic N) is 1. The molecule has 0 N–H and O–H groups in total. The average Bonchev–Trinajstić information content (AvgIpc) is 3.21. The first-order valence-corrected chi connectivity index (χ1v) is 10.5. The SMILES string of the molecule is Cc1ccc2c(c1)-c1c(ccc3c1oc1c(-c4ccccn4)c(C)ccc13)C2(C)C. The summed E-state index contributed by atoms with van der Waals surface area (Å²) in [4.78, 5) is 4.61. The van der Waals surface area contributed by atoms with Crippen molar-refractivity contribution in [1.29, 1.82) is 0 Å². The van der Waals surface area contributed by atoms with Crippen LogP contribution in [0.5, 0.6) is 0 Å². The molecule has 0 spiro atoms. The summed E-state index contributed by atoms with van der Waals surface area (Å²) < 4.78 is 6.71. The number of fused-ring (bicyclic) bond motifs is 7. The Balaban J connectivity index is 1.77. The number of benzene rings is 3. The van der Waals surface area contributed by atoms with Crippen LogP contribution in [0.3, 0.4) is 0 Å². The Kier molecular flexibility index (Phi) is 3.39. The maximum Gasteiger partial charge on any atom is 0.145 e. The highest BCUT2D eigenvalue weighted by Crippen LogP contribution is 2.53. The van der Waals surface area contributed by atoms with Gasteiger partial charge in [-0.15, -0.1) is 0 Å². The normalized spacial score (nSPS) is 14.3. The van der Waals surface area contributed by atoms with Crippen LogP contribution in [0, 0.1) is 13.8 Å². The fourth-order valence-electron chi connectivity index (χ4n) is 5.17. The predicted octanol–water partition coefficient (Wildman–Crippen LogP) is 7.57. The summed E-state index contributed by atoms with van der Waals surface area (Å²) in [6.45, 7) is 8.91. The van der Waals surface area contributed by atoms with E-state index in [0.717, 1.165) is 27.8 Å². The molecular weight excluding hydrogens is 366 g/mol. The molecule has 2 nitrogen and oxygen atoms in total. The fourth-order valence-corrected chi connectivity index (χ4v) is 5.17. The van der Waals surface area contributed by atoms with E-state index >= 15 is 0 Å². The first-order valence-electron chi connectivity index (χ1n) is 10.5. The maximum atomic E-state index is 6.71. The molecule has 0 bridgehead atoms. The van der Waals surface area contributed by atoms with Gasteiger partial charge in [-0.25, -0.2) is 0 Å². The summed E-state index contributed by atoms with van der Waals surface area (Å²) in [5.74, 6) is 0. The number of aryl methyl sites for hydroxylation is 2. The zero-order chi connectivity index (χ0) is 20.6. The number of hydrogen-bond donors (Lipinski definition) is 0. The topological polar surface area (TPSA) is 26.0 Å². The van der Waals surface area contributed by atoms with Gasteiger partial charge >= 0.3 is 0 Å². The molecule has 0 saturated carbocycles. The van der Waals surface area contributed by atoms with Gasteiger partial charge in [0.25, 0.3) is 0 Å². The molecule has 2 heterocycles. The van der Waals surface area contributed by atoms with E-state index in [4.69, 9.17) is 4.42 Å². The molecule has 0 amide bonds. The van der Waals surface area contributed by atoms with E-state index in [0.29, 0.717) is 0 Å². The predicted molar refractivity (Wildman–Crippen MR) is 124 cm³/mol. The number of hydrogen-bond acceptors (Lipinski definition) is 2. The second-order valence-corrected chi connectivity index (χ2v) is 8.99. The van der Waals surface area contributed by atoms with Crippen LogP contribution in [-0.2, 0) is 5.41 Å². The second kappa shape index (κ2) is 5.82. The van der Waals surface area contributed by atoms with Gasteiger partial charge in [0, 0.05) is 33.5 Å². The lowest BCUT2D eigenvalue weighted by Crippen LogP contribution is -2.14. The molecule has 2 heteroatoms. The van der Waals surface area contributed by atoms with Crippen molar-refractivity contribution in [2.45, 2.75) is 33.1 Å². The van der Waals surface area contributed by atoms with Gasteiger partial charge < -0.3 is 4.42 Å². The van der Waals surface area contributed by atoms with Crippen molar-refractivity contribution in [1.82, 2.24) is 4.98 Å². The van der Waals surface area contributed by atoms with Gasteiger partial charge in [0.05, 0.1) is 5.69 Å². The summed E-state index contributed by atoms with van der Waals surface area (Å²) in [5.41, 5.74) is 11.6. The lowest BCUT2D eigenvalue weighted by molar-refractivity contribution is 0.653. The first kappa shape index (κ1) is 17.5. The van der Waals surface area contributed by atoms with Gasteiger partial charge in [0.1, 0.15) is 11.2 Å². The third kappa shape index (κ3) is 2.16. The van der Waals surface area contributed by atoms with Crippen LogP contribution < -0.4 is 0 Å². The van der Waals surface area contributed by atoms with E-state index in [-0.39, 0.29) is 5.41 Å². The summed E-state index contributed by atoms with van der Waals surface area (Å²) in [6.07, 6.45) is 1.84. The molecule has 2 aromatic heterocycles. The van der Waals surface area contributed by atoms with Crippen LogP contribution in [0.2, 0.25) is 0 Å². The van der Waals surface area contributed by atoms with Gasteiger partial charge in [-0.3, -0.25) is 4.98 Å². The lowest BCUT2D eigenvalue weighted by atomic mass is 9.82. The minimum atomic E-state index is -0.0364. The molecule has 0 atom stereocenters. The monoisotopic (exact) mass is 389 g/mol. The number of pyridine rings is 1. The van der Waals surface area contributed by atoms with Crippen LogP contribution >= 0.6 is 0 Å². The van der Waals surface area contributed by atoms with E-state index in [9.17, 15) is 0 Å². The highest BCUT2D eigenvalue weighted by molar-refractivity contribution is 6.14. The van der Waals surface area contributed by atoms with Crippen LogP contribution in [0.4, 0.5) is 0 Å². The molecule has 1 aliphatic carbocycles. The second-order valence-electron chi connectivity index (χ2n) is 8.99. The van der Waals surface area contributed by atoms with Crippen molar-refractivity contribution < 1.29 is 4.42 Å². The smallest absolute Gasteiger partial charge is 0.145 e. The Hall–Kier alpha value is -3.39. The minimum absolute atomic E-state index is 0.0364. The zero-order valence-electron chi connectivity index (χ0n) is 17.7. The number of furan rings is 1. The molecule has 1 aliphatic rings. The Morgan fingerprint density at radius 1 is 0.767 bits per heavy atom. The molecule has 5 aromatic rings. The maximum absolute atomic E-state index is 6.71. The number of rotatable bonds is 1. The van der Waals surface area contributed by atoms with Crippen molar-refractivity contribution in [2.24, 2.45) is 0 Å². The van der Waals surface area contributed by atoms with Crippen LogP contribution in [-0.4, -0.2) is 4.98 Å². The zero-order valence-corrected chi connectivity index (χ0v) is 17.7. The standard InChI is InChI=1S/C28H23NO/c1-16-8-12-21-20(15-16)25-22(28(21,3)4)13-11-19-18-10-9-17(2)24(26(18)30-27(19)25)23-7-5-6-14-29-23/h5-15H,1-4H3. The molecule has 0 saturated heterocycles. The summed E-state index contributed by atoms with van der Waals surface area (Å²) in [6, 6.07) is 21.7. The molecular formula is C28H23NO. The van der Waals surface area contributed by atoms with Gasteiger partial charge in [0.15, 0.2) is 0 Å². The van der Waals surface area contributed by atoms with Gasteiger partial charge in [-0.05, 0) is 48.2 Å². The van der Waals surface area contributed by atoms with E-state index in [1.165, 1.54) is 38.8 Å². The van der Waals surface area contributed by atoms with E-state index < -0.39 is 0 Å². The fraction of sp³-hybridized carbons (Fsp3) is 0.179. The third-order valence-corrected chi connectivity index (χ3v) is 6.73. The molecule has 30 heavy (non-hydrogen) atoms. The average molecular weight is 389 g/mol. The van der Waals surface area contributed by atoms with E-state index in [2.05, 4.69) is 81.2 Å². The Labute approximate surface area is 176 Å². The Morgan fingerprint density at radius 2 is 1.50 bits per heavy atom. The van der Waals surface area contributed by atoms with Gasteiger partial charge in [-0.2, -0.15) is 0 Å². The largest absolute Gasteiger partial charge is 0.455 e. The highest BCUT2D eigenvalue weighted by atomic mass is 16.3. The highest BCUT2D eigenvalue weighted by Gasteiger charge is 2.37. The quantitative estimate of drug-likeness (QED) is 0.295. The van der Waals surface area contributed by atoms with Crippen molar-refractivity contribution in [3.8, 4) is 22.4 Å². The first-order chi connectivity index (χ1) is 14.5. The lowest BCUT2D eigenvalue weighted by Gasteiger charge is -2.21. The van der Waals surface area contributed by atoms with E-state index in [1.54, 1.807) is 0 Å². The Bertz CT molecular complexity index is 1470. The van der Waals surface area contributed by atoms with Crippen LogP contribution in [0.15, 0.2) is 71.3 Å². The Morgan fingerprint density at radius 3 is 2.27 bits per heavy atom. The van der Waals surface area contributed by atoms with Crippen LogP contribution in [0.1, 0.15) is 36.1 Å². The van der Waals surface area contributed by atoms with Crippen molar-refractivity contribution in [3.05, 3.63) is 89.1 Å². The molecule has 0 radical (unpaired) electrons. The molecule has 0 aliphatic heterocycles. The van der Waals surface area contributed by atoms with Crippen molar-refractivity contribution >= 4 is 21.9 Å². The summed E-state index contributed by atoms with van der Waals surface area (Å²) in [5, 5.41) is 2.32. The third-order valence-electron chi connectivity index (χ3n) is 6.73. The van der Waals surface area contributed by atoms with Crippen molar-refractivity contribution in [3.63, 3.8) is 0 Å². The molecule has 146 valence electrons. The van der Waals surface area contributed by atoms with Crippen molar-refractivity contribution in [2.75, 3.05) is 0 Å². The van der Waals surface area contributed by atoms with E-state index in [1.807, 2.05) is 18.3 Å². The number of aromatic nitrogens is 1. The van der Waals surface area contributed by atoms with Crippen LogP contribution in [0.25, 0.3) is 44.3 Å².